The molecule has 1 unspecified atom stereocenters. The number of carbonyl (C=O) groups is 1. The van der Waals surface area contributed by atoms with Crippen molar-refractivity contribution in [2.45, 2.75) is 25.3 Å². The van der Waals surface area contributed by atoms with Crippen molar-refractivity contribution in [1.29, 1.82) is 5.26 Å². The lowest BCUT2D eigenvalue weighted by molar-refractivity contribution is 0.184. The van der Waals surface area contributed by atoms with E-state index in [0.29, 0.717) is 12.0 Å². The first-order valence-corrected chi connectivity index (χ1v) is 6.88. The summed E-state index contributed by atoms with van der Waals surface area (Å²) in [7, 11) is 0. The quantitative estimate of drug-likeness (QED) is 0.858. The molecular formula is C15H19N3O2. The van der Waals surface area contributed by atoms with Gasteiger partial charge in [0, 0.05) is 12.6 Å². The largest absolute Gasteiger partial charge is 0.465 e. The third-order valence-electron chi connectivity index (χ3n) is 3.57. The van der Waals surface area contributed by atoms with Crippen LogP contribution in [-0.2, 0) is 6.42 Å². The molecule has 106 valence electrons. The molecule has 1 fully saturated rings. The Hall–Kier alpha value is -2.06. The highest BCUT2D eigenvalue weighted by atomic mass is 16.4. The molecule has 1 saturated heterocycles. The van der Waals surface area contributed by atoms with Gasteiger partial charge in [-0.2, -0.15) is 5.26 Å². The van der Waals surface area contributed by atoms with E-state index in [4.69, 9.17) is 10.4 Å². The lowest BCUT2D eigenvalue weighted by Gasteiger charge is -2.23. The number of nitriles is 1. The molecule has 1 aliphatic rings. The van der Waals surface area contributed by atoms with Crippen LogP contribution in [0.4, 0.5) is 4.79 Å². The van der Waals surface area contributed by atoms with Crippen molar-refractivity contribution in [3.05, 3.63) is 35.4 Å². The molecule has 5 nitrogen and oxygen atoms in total. The zero-order valence-corrected chi connectivity index (χ0v) is 11.4. The summed E-state index contributed by atoms with van der Waals surface area (Å²) in [6, 6.07) is 9.28. The van der Waals surface area contributed by atoms with Gasteiger partial charge in [-0.3, -0.25) is 0 Å². The van der Waals surface area contributed by atoms with E-state index in [-0.39, 0.29) is 6.04 Å². The monoisotopic (exact) mass is 273 g/mol. The third kappa shape index (κ3) is 4.25. The number of likely N-dealkylation sites (tertiary alicyclic amines) is 1. The standard InChI is InChI=1S/C15H19N3O2/c16-10-13-5-3-12(4-6-13)9-14(17-15(19)20)11-18-7-1-2-8-18/h3-6,14,17H,1-2,7-9,11H2,(H,19,20). The van der Waals surface area contributed by atoms with E-state index in [1.807, 2.05) is 12.1 Å². The summed E-state index contributed by atoms with van der Waals surface area (Å²) in [6.45, 7) is 2.84. The molecule has 1 atom stereocenters. The van der Waals surface area contributed by atoms with Gasteiger partial charge in [0.2, 0.25) is 0 Å². The van der Waals surface area contributed by atoms with E-state index in [0.717, 1.165) is 25.2 Å². The van der Waals surface area contributed by atoms with Crippen molar-refractivity contribution in [3.63, 3.8) is 0 Å². The molecule has 1 aliphatic heterocycles. The van der Waals surface area contributed by atoms with Gasteiger partial charge in [0.05, 0.1) is 11.6 Å². The first-order valence-electron chi connectivity index (χ1n) is 6.88. The number of rotatable bonds is 5. The van der Waals surface area contributed by atoms with Crippen molar-refractivity contribution in [3.8, 4) is 6.07 Å². The molecule has 2 rings (SSSR count). The Morgan fingerprint density at radius 1 is 1.35 bits per heavy atom. The van der Waals surface area contributed by atoms with Crippen LogP contribution in [0.5, 0.6) is 0 Å². The molecule has 20 heavy (non-hydrogen) atoms. The molecular weight excluding hydrogens is 254 g/mol. The molecule has 2 N–H and O–H groups in total. The van der Waals surface area contributed by atoms with Gasteiger partial charge >= 0.3 is 6.09 Å². The smallest absolute Gasteiger partial charge is 0.404 e. The minimum absolute atomic E-state index is 0.112. The zero-order chi connectivity index (χ0) is 14.4. The predicted molar refractivity (Wildman–Crippen MR) is 75.5 cm³/mol. The van der Waals surface area contributed by atoms with Crippen molar-refractivity contribution >= 4 is 6.09 Å². The van der Waals surface area contributed by atoms with Crippen LogP contribution < -0.4 is 5.32 Å². The van der Waals surface area contributed by atoms with Crippen LogP contribution in [0.3, 0.4) is 0 Å². The number of nitrogens with zero attached hydrogens (tertiary/aromatic N) is 2. The average molecular weight is 273 g/mol. The lowest BCUT2D eigenvalue weighted by atomic mass is 10.0. The van der Waals surface area contributed by atoms with Crippen molar-refractivity contribution < 1.29 is 9.90 Å². The zero-order valence-electron chi connectivity index (χ0n) is 11.4. The van der Waals surface area contributed by atoms with Gasteiger partial charge < -0.3 is 15.3 Å². The number of hydrogen-bond acceptors (Lipinski definition) is 3. The van der Waals surface area contributed by atoms with Gasteiger partial charge in [-0.15, -0.1) is 0 Å². The number of carboxylic acid groups (broad SMARTS) is 1. The van der Waals surface area contributed by atoms with Crippen molar-refractivity contribution in [2.24, 2.45) is 0 Å². The summed E-state index contributed by atoms with van der Waals surface area (Å²) in [5, 5.41) is 20.3. The summed E-state index contributed by atoms with van der Waals surface area (Å²) in [6.07, 6.45) is 2.05. The minimum atomic E-state index is -0.983. The normalized spacial score (nSPS) is 16.6. The van der Waals surface area contributed by atoms with E-state index < -0.39 is 6.09 Å². The van der Waals surface area contributed by atoms with Gasteiger partial charge in [0.15, 0.2) is 0 Å². The first-order chi connectivity index (χ1) is 9.67. The highest BCUT2D eigenvalue weighted by molar-refractivity contribution is 5.64. The molecule has 0 bridgehead atoms. The number of nitrogens with one attached hydrogen (secondary N) is 1. The molecule has 0 aliphatic carbocycles. The Morgan fingerprint density at radius 3 is 2.55 bits per heavy atom. The topological polar surface area (TPSA) is 76.4 Å². The Labute approximate surface area is 118 Å². The van der Waals surface area contributed by atoms with Crippen LogP contribution >= 0.6 is 0 Å². The second-order valence-electron chi connectivity index (χ2n) is 5.17. The molecule has 1 aromatic carbocycles. The van der Waals surface area contributed by atoms with Gasteiger partial charge in [0.25, 0.3) is 0 Å². The first kappa shape index (κ1) is 14.4. The van der Waals surface area contributed by atoms with Crippen LogP contribution in [0.1, 0.15) is 24.0 Å². The Morgan fingerprint density at radius 2 is 2.00 bits per heavy atom. The highest BCUT2D eigenvalue weighted by Crippen LogP contribution is 2.11. The van der Waals surface area contributed by atoms with Gasteiger partial charge in [-0.05, 0) is 50.0 Å². The van der Waals surface area contributed by atoms with Crippen molar-refractivity contribution in [1.82, 2.24) is 10.2 Å². The SMILES string of the molecule is N#Cc1ccc(CC(CN2CCCC2)NC(=O)O)cc1. The molecule has 0 aromatic heterocycles. The van der Waals surface area contributed by atoms with Gasteiger partial charge in [-0.1, -0.05) is 12.1 Å². The molecule has 1 heterocycles. The summed E-state index contributed by atoms with van der Waals surface area (Å²) in [5.74, 6) is 0. The average Bonchev–Trinajstić information content (AvgIpc) is 2.91. The molecule has 0 radical (unpaired) electrons. The molecule has 0 spiro atoms. The maximum atomic E-state index is 10.9. The predicted octanol–water partition coefficient (Wildman–Crippen LogP) is 1.83. The van der Waals surface area contributed by atoms with E-state index >= 15 is 0 Å². The van der Waals surface area contributed by atoms with Gasteiger partial charge in [0.1, 0.15) is 0 Å². The van der Waals surface area contributed by atoms with E-state index in [1.54, 1.807) is 12.1 Å². The summed E-state index contributed by atoms with van der Waals surface area (Å²) in [4.78, 5) is 13.2. The van der Waals surface area contributed by atoms with Crippen LogP contribution in [0.15, 0.2) is 24.3 Å². The van der Waals surface area contributed by atoms with Gasteiger partial charge in [-0.25, -0.2) is 4.79 Å². The second-order valence-corrected chi connectivity index (χ2v) is 5.17. The fraction of sp³-hybridized carbons (Fsp3) is 0.467. The van der Waals surface area contributed by atoms with E-state index in [1.165, 1.54) is 12.8 Å². The highest BCUT2D eigenvalue weighted by Gasteiger charge is 2.19. The maximum Gasteiger partial charge on any atom is 0.404 e. The fourth-order valence-corrected chi connectivity index (χ4v) is 2.61. The van der Waals surface area contributed by atoms with E-state index in [2.05, 4.69) is 16.3 Å². The Kier molecular flexibility index (Phi) is 4.97. The molecule has 1 amide bonds. The minimum Gasteiger partial charge on any atom is -0.465 e. The Bertz CT molecular complexity index is 487. The number of hydrogen-bond donors (Lipinski definition) is 2. The Balaban J connectivity index is 1.98. The summed E-state index contributed by atoms with van der Waals surface area (Å²) in [5.41, 5.74) is 1.66. The number of benzene rings is 1. The fourth-order valence-electron chi connectivity index (χ4n) is 2.61. The third-order valence-corrected chi connectivity index (χ3v) is 3.57. The summed E-state index contributed by atoms with van der Waals surface area (Å²) >= 11 is 0. The summed E-state index contributed by atoms with van der Waals surface area (Å²) < 4.78 is 0. The molecule has 5 heteroatoms. The van der Waals surface area contributed by atoms with E-state index in [9.17, 15) is 4.79 Å². The maximum absolute atomic E-state index is 10.9. The van der Waals surface area contributed by atoms with Crippen LogP contribution in [-0.4, -0.2) is 41.8 Å². The van der Waals surface area contributed by atoms with Crippen molar-refractivity contribution in [2.75, 3.05) is 19.6 Å². The number of amides is 1. The second kappa shape index (κ2) is 6.92. The van der Waals surface area contributed by atoms with Crippen LogP contribution in [0.25, 0.3) is 0 Å². The lowest BCUT2D eigenvalue weighted by Crippen LogP contribution is -2.43. The van der Waals surface area contributed by atoms with Crippen LogP contribution in [0, 0.1) is 11.3 Å². The molecule has 0 saturated carbocycles. The molecule has 1 aromatic rings. The van der Waals surface area contributed by atoms with Crippen LogP contribution in [0.2, 0.25) is 0 Å².